The second kappa shape index (κ2) is 8.33. The fraction of sp³-hybridized carbons (Fsp3) is 0.261. The van der Waals surface area contributed by atoms with Crippen molar-refractivity contribution in [2.45, 2.75) is 38.5 Å². The largest absolute Gasteiger partial charge is 0.286 e. The number of aryl methyl sites for hydroxylation is 2. The highest BCUT2D eigenvalue weighted by Crippen LogP contribution is 2.29. The van der Waals surface area contributed by atoms with Gasteiger partial charge < -0.3 is 0 Å². The van der Waals surface area contributed by atoms with Gasteiger partial charge in [-0.25, -0.2) is 4.98 Å². The SMILES string of the molecule is CC(F)(F)c1ccc(CCCCc2ncc(-c3ccc4cnccc4c3)s2)cn1. The van der Waals surface area contributed by atoms with Gasteiger partial charge in [-0.2, -0.15) is 8.78 Å². The van der Waals surface area contributed by atoms with E-state index >= 15 is 0 Å². The molecule has 3 nitrogen and oxygen atoms in total. The molecule has 4 rings (SSSR count). The van der Waals surface area contributed by atoms with Gasteiger partial charge in [-0.1, -0.05) is 18.2 Å². The summed E-state index contributed by atoms with van der Waals surface area (Å²) < 4.78 is 26.4. The fourth-order valence-electron chi connectivity index (χ4n) is 3.23. The lowest BCUT2D eigenvalue weighted by atomic mass is 10.1. The van der Waals surface area contributed by atoms with E-state index in [1.165, 1.54) is 21.9 Å². The minimum absolute atomic E-state index is 0.179. The zero-order valence-electron chi connectivity index (χ0n) is 16.1. The van der Waals surface area contributed by atoms with Gasteiger partial charge in [0.15, 0.2) is 0 Å². The Bertz CT molecular complexity index is 1100. The van der Waals surface area contributed by atoms with Crippen LogP contribution < -0.4 is 0 Å². The summed E-state index contributed by atoms with van der Waals surface area (Å²) in [6.45, 7) is 0.867. The number of alkyl halides is 2. The third kappa shape index (κ3) is 4.82. The number of hydrogen-bond donors (Lipinski definition) is 0. The number of fused-ring (bicyclic) bond motifs is 1. The number of nitrogens with zero attached hydrogens (tertiary/aromatic N) is 3. The van der Waals surface area contributed by atoms with Crippen molar-refractivity contribution in [1.29, 1.82) is 0 Å². The lowest BCUT2D eigenvalue weighted by Gasteiger charge is -2.09. The van der Waals surface area contributed by atoms with Crippen molar-refractivity contribution in [3.05, 3.63) is 77.5 Å². The predicted octanol–water partition coefficient (Wildman–Crippen LogP) is 6.43. The van der Waals surface area contributed by atoms with Gasteiger partial charge in [-0.15, -0.1) is 11.3 Å². The molecular formula is C23H21F2N3S. The molecule has 0 radical (unpaired) electrons. The number of rotatable bonds is 7. The molecule has 0 fully saturated rings. The molecule has 0 aliphatic heterocycles. The molecule has 0 bridgehead atoms. The fourth-order valence-corrected chi connectivity index (χ4v) is 4.19. The van der Waals surface area contributed by atoms with E-state index in [1.807, 2.05) is 18.5 Å². The van der Waals surface area contributed by atoms with Gasteiger partial charge in [0.2, 0.25) is 0 Å². The van der Waals surface area contributed by atoms with Crippen molar-refractivity contribution < 1.29 is 8.78 Å². The van der Waals surface area contributed by atoms with Crippen LogP contribution in [0.5, 0.6) is 0 Å². The van der Waals surface area contributed by atoms with Crippen LogP contribution in [0.25, 0.3) is 21.2 Å². The molecule has 0 aliphatic rings. The van der Waals surface area contributed by atoms with Crippen molar-refractivity contribution in [2.24, 2.45) is 0 Å². The van der Waals surface area contributed by atoms with Crippen LogP contribution in [0.4, 0.5) is 8.78 Å². The van der Waals surface area contributed by atoms with Gasteiger partial charge in [0.1, 0.15) is 5.69 Å². The highest BCUT2D eigenvalue weighted by atomic mass is 32.1. The molecule has 6 heteroatoms. The summed E-state index contributed by atoms with van der Waals surface area (Å²) in [7, 11) is 0. The zero-order valence-corrected chi connectivity index (χ0v) is 16.9. The average Bonchev–Trinajstić information content (AvgIpc) is 3.19. The smallest absolute Gasteiger partial charge is 0.264 e. The van der Waals surface area contributed by atoms with Gasteiger partial charge in [0, 0.05) is 37.1 Å². The molecule has 1 aromatic carbocycles. The molecule has 0 aliphatic carbocycles. The number of halogens is 2. The molecule has 4 aromatic rings. The Hall–Kier alpha value is -2.73. The maximum atomic E-state index is 13.2. The number of pyridine rings is 2. The summed E-state index contributed by atoms with van der Waals surface area (Å²) in [6, 6.07) is 11.6. The normalized spacial score (nSPS) is 11.8. The molecule has 0 amide bonds. The Morgan fingerprint density at radius 3 is 2.55 bits per heavy atom. The van der Waals surface area contributed by atoms with E-state index in [4.69, 9.17) is 0 Å². The predicted molar refractivity (Wildman–Crippen MR) is 113 cm³/mol. The lowest BCUT2D eigenvalue weighted by Crippen LogP contribution is -2.09. The maximum absolute atomic E-state index is 13.2. The van der Waals surface area contributed by atoms with E-state index in [2.05, 4.69) is 33.2 Å². The van der Waals surface area contributed by atoms with Gasteiger partial charge >= 0.3 is 0 Å². The molecule has 0 N–H and O–H groups in total. The lowest BCUT2D eigenvalue weighted by molar-refractivity contribution is 0.0127. The molecular weight excluding hydrogens is 388 g/mol. The molecule has 0 saturated heterocycles. The highest BCUT2D eigenvalue weighted by molar-refractivity contribution is 7.15. The first kappa shape index (κ1) is 19.6. The van der Waals surface area contributed by atoms with Crippen LogP contribution in [0.3, 0.4) is 0 Å². The quantitative estimate of drug-likeness (QED) is 0.330. The summed E-state index contributed by atoms with van der Waals surface area (Å²) in [5.41, 5.74) is 1.98. The summed E-state index contributed by atoms with van der Waals surface area (Å²) in [6.07, 6.45) is 10.9. The minimum Gasteiger partial charge on any atom is -0.264 e. The first-order valence-corrected chi connectivity index (χ1v) is 10.4. The Kier molecular flexibility index (Phi) is 5.62. The number of thiazole rings is 1. The molecule has 0 saturated carbocycles. The van der Waals surface area contributed by atoms with Crippen LogP contribution >= 0.6 is 11.3 Å². The summed E-state index contributed by atoms with van der Waals surface area (Å²) in [5, 5.41) is 3.42. The first-order chi connectivity index (χ1) is 14.0. The van der Waals surface area contributed by atoms with Crippen molar-refractivity contribution in [1.82, 2.24) is 15.0 Å². The molecule has 148 valence electrons. The van der Waals surface area contributed by atoms with Gasteiger partial charge in [0.25, 0.3) is 5.92 Å². The number of unbranched alkanes of at least 4 members (excludes halogenated alkanes) is 1. The van der Waals surface area contributed by atoms with Gasteiger partial charge in [0.05, 0.1) is 9.88 Å². The van der Waals surface area contributed by atoms with Crippen molar-refractivity contribution in [3.63, 3.8) is 0 Å². The Balaban J connectivity index is 1.31. The van der Waals surface area contributed by atoms with E-state index in [9.17, 15) is 8.78 Å². The number of aromatic nitrogens is 3. The van der Waals surface area contributed by atoms with Crippen LogP contribution in [0, 0.1) is 0 Å². The molecule has 29 heavy (non-hydrogen) atoms. The van der Waals surface area contributed by atoms with E-state index in [1.54, 1.807) is 29.8 Å². The third-order valence-corrected chi connectivity index (χ3v) is 5.97. The van der Waals surface area contributed by atoms with Crippen LogP contribution in [0.1, 0.15) is 36.0 Å². The van der Waals surface area contributed by atoms with Gasteiger partial charge in [-0.05, 0) is 60.4 Å². The van der Waals surface area contributed by atoms with Gasteiger partial charge in [-0.3, -0.25) is 9.97 Å². The first-order valence-electron chi connectivity index (χ1n) is 9.61. The summed E-state index contributed by atoms with van der Waals surface area (Å²) in [5.74, 6) is -2.89. The molecule has 0 atom stereocenters. The third-order valence-electron chi connectivity index (χ3n) is 4.86. The van der Waals surface area contributed by atoms with Crippen LogP contribution in [-0.4, -0.2) is 15.0 Å². The van der Waals surface area contributed by atoms with Crippen molar-refractivity contribution in [3.8, 4) is 10.4 Å². The standard InChI is InChI=1S/C23H21F2N3S/c1-23(24,25)21-9-6-16(13-27-21)4-2-3-5-22-28-15-20(29-22)18-7-8-19-14-26-11-10-17(19)12-18/h6-15H,2-5H2,1H3. The second-order valence-corrected chi connectivity index (χ2v) is 8.32. The number of hydrogen-bond acceptors (Lipinski definition) is 4. The Morgan fingerprint density at radius 2 is 1.76 bits per heavy atom. The van der Waals surface area contributed by atoms with E-state index < -0.39 is 5.92 Å². The van der Waals surface area contributed by atoms with E-state index in [0.29, 0.717) is 0 Å². The van der Waals surface area contributed by atoms with Crippen LogP contribution in [0.2, 0.25) is 0 Å². The minimum atomic E-state index is -2.89. The van der Waals surface area contributed by atoms with E-state index in [0.717, 1.165) is 48.6 Å². The second-order valence-electron chi connectivity index (χ2n) is 7.20. The molecule has 3 aromatic heterocycles. The monoisotopic (exact) mass is 409 g/mol. The summed E-state index contributed by atoms with van der Waals surface area (Å²) >= 11 is 1.72. The molecule has 0 spiro atoms. The average molecular weight is 410 g/mol. The topological polar surface area (TPSA) is 38.7 Å². The molecule has 3 heterocycles. The summed E-state index contributed by atoms with van der Waals surface area (Å²) in [4.78, 5) is 13.8. The van der Waals surface area contributed by atoms with Crippen LogP contribution in [-0.2, 0) is 18.8 Å². The zero-order chi connectivity index (χ0) is 20.3. The maximum Gasteiger partial charge on any atom is 0.286 e. The van der Waals surface area contributed by atoms with E-state index in [-0.39, 0.29) is 5.69 Å². The Morgan fingerprint density at radius 1 is 0.897 bits per heavy atom. The van der Waals surface area contributed by atoms with Crippen molar-refractivity contribution in [2.75, 3.05) is 0 Å². The number of benzene rings is 1. The van der Waals surface area contributed by atoms with Crippen LogP contribution in [0.15, 0.2) is 61.2 Å². The Labute approximate surface area is 172 Å². The highest BCUT2D eigenvalue weighted by Gasteiger charge is 2.25. The van der Waals surface area contributed by atoms with Crippen molar-refractivity contribution >= 4 is 22.1 Å². The molecule has 0 unspecified atom stereocenters.